The average molecular weight is 119 g/mol. The van der Waals surface area contributed by atoms with Gasteiger partial charge in [-0.3, -0.25) is 0 Å². The Morgan fingerprint density at radius 2 is 2.57 bits per heavy atom. The Morgan fingerprint density at radius 3 is 3.00 bits per heavy atom. The molecular formula is C4H9NOS. The summed E-state index contributed by atoms with van der Waals surface area (Å²) >= 11 is 1.74. The van der Waals surface area contributed by atoms with Crippen molar-refractivity contribution in [1.82, 2.24) is 0 Å². The van der Waals surface area contributed by atoms with Gasteiger partial charge in [-0.1, -0.05) is 0 Å². The lowest BCUT2D eigenvalue weighted by molar-refractivity contribution is 0.320. The maximum Gasteiger partial charge on any atom is 0.0444 e. The molecule has 0 radical (unpaired) electrons. The standard InChI is InChI=1S/C4H9NOS/c1-7-4-2-3-5-6/h3,6H,2,4H2,1H3. The molecule has 0 bridgehead atoms. The topological polar surface area (TPSA) is 32.6 Å². The lowest BCUT2D eigenvalue weighted by Gasteiger charge is -1.82. The normalized spacial score (nSPS) is 10.4. The van der Waals surface area contributed by atoms with Crippen molar-refractivity contribution in [2.75, 3.05) is 12.0 Å². The lowest BCUT2D eigenvalue weighted by atomic mass is 10.5. The van der Waals surface area contributed by atoms with E-state index in [0.29, 0.717) is 0 Å². The van der Waals surface area contributed by atoms with E-state index in [1.807, 2.05) is 6.26 Å². The Hall–Kier alpha value is -0.180. The van der Waals surface area contributed by atoms with Crippen molar-refractivity contribution < 1.29 is 5.21 Å². The third-order valence-corrected chi connectivity index (χ3v) is 1.18. The molecule has 0 unspecified atom stereocenters. The molecule has 0 aliphatic carbocycles. The first-order valence-corrected chi connectivity index (χ1v) is 3.46. The molecule has 0 aromatic carbocycles. The monoisotopic (exact) mass is 119 g/mol. The predicted octanol–water partition coefficient (Wildman–Crippen LogP) is 1.20. The average Bonchev–Trinajstić information content (AvgIpc) is 1.69. The van der Waals surface area contributed by atoms with E-state index in [1.54, 1.807) is 11.8 Å². The smallest absolute Gasteiger partial charge is 0.0444 e. The number of rotatable bonds is 3. The Bertz CT molecular complexity index is 55.7. The molecule has 0 amide bonds. The van der Waals surface area contributed by atoms with E-state index in [9.17, 15) is 0 Å². The van der Waals surface area contributed by atoms with Crippen LogP contribution in [0.15, 0.2) is 5.16 Å². The van der Waals surface area contributed by atoms with Gasteiger partial charge in [0.2, 0.25) is 0 Å². The van der Waals surface area contributed by atoms with Gasteiger partial charge in [0.1, 0.15) is 0 Å². The highest BCUT2D eigenvalue weighted by atomic mass is 32.2. The van der Waals surface area contributed by atoms with Crippen LogP contribution in [0.3, 0.4) is 0 Å². The van der Waals surface area contributed by atoms with Gasteiger partial charge < -0.3 is 5.21 Å². The van der Waals surface area contributed by atoms with Crippen LogP contribution in [0.2, 0.25) is 0 Å². The van der Waals surface area contributed by atoms with Crippen molar-refractivity contribution in [2.24, 2.45) is 5.16 Å². The summed E-state index contributed by atoms with van der Waals surface area (Å²) in [6, 6.07) is 0. The molecule has 0 spiro atoms. The molecular weight excluding hydrogens is 110 g/mol. The summed E-state index contributed by atoms with van der Waals surface area (Å²) in [5.74, 6) is 1.03. The van der Waals surface area contributed by atoms with Crippen LogP contribution in [0, 0.1) is 0 Å². The summed E-state index contributed by atoms with van der Waals surface area (Å²) in [6.07, 6.45) is 4.37. The van der Waals surface area contributed by atoms with E-state index in [2.05, 4.69) is 5.16 Å². The molecule has 0 saturated heterocycles. The Balaban J connectivity index is 2.69. The first-order valence-electron chi connectivity index (χ1n) is 2.06. The fourth-order valence-electron chi connectivity index (χ4n) is 0.228. The number of thioether (sulfide) groups is 1. The summed E-state index contributed by atoms with van der Waals surface area (Å²) in [6.45, 7) is 0. The van der Waals surface area contributed by atoms with E-state index in [4.69, 9.17) is 5.21 Å². The van der Waals surface area contributed by atoms with Crippen molar-refractivity contribution in [1.29, 1.82) is 0 Å². The minimum Gasteiger partial charge on any atom is -0.411 e. The fraction of sp³-hybridized carbons (Fsp3) is 0.750. The lowest BCUT2D eigenvalue weighted by Crippen LogP contribution is -1.77. The summed E-state index contributed by atoms with van der Waals surface area (Å²) in [7, 11) is 0. The number of hydrogen-bond acceptors (Lipinski definition) is 3. The first kappa shape index (κ1) is 6.82. The number of hydrogen-bond donors (Lipinski definition) is 1. The Morgan fingerprint density at radius 1 is 1.86 bits per heavy atom. The van der Waals surface area contributed by atoms with E-state index < -0.39 is 0 Å². The molecule has 3 heteroatoms. The van der Waals surface area contributed by atoms with Crippen LogP contribution in [0.25, 0.3) is 0 Å². The van der Waals surface area contributed by atoms with Gasteiger partial charge >= 0.3 is 0 Å². The molecule has 0 aromatic heterocycles. The van der Waals surface area contributed by atoms with Crippen molar-refractivity contribution in [3.05, 3.63) is 0 Å². The SMILES string of the molecule is CSCCC=NO. The molecule has 0 aromatic rings. The highest BCUT2D eigenvalue weighted by Gasteiger charge is 1.75. The molecule has 0 fully saturated rings. The molecule has 0 heterocycles. The van der Waals surface area contributed by atoms with Gasteiger partial charge in [0.25, 0.3) is 0 Å². The zero-order chi connectivity index (χ0) is 5.54. The van der Waals surface area contributed by atoms with Crippen LogP contribution < -0.4 is 0 Å². The largest absolute Gasteiger partial charge is 0.411 e. The van der Waals surface area contributed by atoms with Crippen LogP contribution in [0.5, 0.6) is 0 Å². The zero-order valence-electron chi connectivity index (χ0n) is 4.29. The van der Waals surface area contributed by atoms with Crippen molar-refractivity contribution in [3.8, 4) is 0 Å². The fourth-order valence-corrected chi connectivity index (χ4v) is 0.569. The summed E-state index contributed by atoms with van der Waals surface area (Å²) < 4.78 is 0. The third kappa shape index (κ3) is 5.82. The summed E-state index contributed by atoms with van der Waals surface area (Å²) in [5.41, 5.74) is 0. The number of oxime groups is 1. The number of nitrogens with zero attached hydrogens (tertiary/aromatic N) is 1. The Kier molecular flexibility index (Phi) is 5.67. The van der Waals surface area contributed by atoms with Gasteiger partial charge in [0, 0.05) is 6.21 Å². The van der Waals surface area contributed by atoms with Crippen LogP contribution in [-0.2, 0) is 0 Å². The second-order valence-corrected chi connectivity index (χ2v) is 2.07. The van der Waals surface area contributed by atoms with E-state index in [1.165, 1.54) is 6.21 Å². The highest BCUT2D eigenvalue weighted by Crippen LogP contribution is 1.91. The predicted molar refractivity (Wildman–Crippen MR) is 33.3 cm³/mol. The molecule has 42 valence electrons. The molecule has 7 heavy (non-hydrogen) atoms. The zero-order valence-corrected chi connectivity index (χ0v) is 5.11. The van der Waals surface area contributed by atoms with Gasteiger partial charge in [-0.25, -0.2) is 0 Å². The second-order valence-electron chi connectivity index (χ2n) is 1.08. The van der Waals surface area contributed by atoms with Gasteiger partial charge in [0.15, 0.2) is 0 Å². The van der Waals surface area contributed by atoms with Gasteiger partial charge in [-0.05, 0) is 18.4 Å². The van der Waals surface area contributed by atoms with Crippen LogP contribution in [0.4, 0.5) is 0 Å². The van der Waals surface area contributed by atoms with Crippen LogP contribution in [0.1, 0.15) is 6.42 Å². The first-order chi connectivity index (χ1) is 3.41. The van der Waals surface area contributed by atoms with Gasteiger partial charge in [0.05, 0.1) is 0 Å². The molecule has 0 aliphatic heterocycles. The summed E-state index contributed by atoms with van der Waals surface area (Å²) in [5, 5.41) is 10.7. The molecule has 1 N–H and O–H groups in total. The minimum atomic E-state index is 0.859. The van der Waals surface area contributed by atoms with Crippen molar-refractivity contribution in [3.63, 3.8) is 0 Å². The van der Waals surface area contributed by atoms with Crippen molar-refractivity contribution in [2.45, 2.75) is 6.42 Å². The molecule has 0 aliphatic rings. The van der Waals surface area contributed by atoms with Crippen LogP contribution >= 0.6 is 11.8 Å². The van der Waals surface area contributed by atoms with Crippen LogP contribution in [-0.4, -0.2) is 23.4 Å². The van der Waals surface area contributed by atoms with E-state index in [0.717, 1.165) is 12.2 Å². The molecule has 0 rings (SSSR count). The quantitative estimate of drug-likeness (QED) is 0.262. The Labute approximate surface area is 47.6 Å². The highest BCUT2D eigenvalue weighted by molar-refractivity contribution is 7.98. The molecule has 2 nitrogen and oxygen atoms in total. The minimum absolute atomic E-state index is 0.859. The molecule has 0 atom stereocenters. The second kappa shape index (κ2) is 5.82. The summed E-state index contributed by atoms with van der Waals surface area (Å²) in [4.78, 5) is 0. The van der Waals surface area contributed by atoms with E-state index >= 15 is 0 Å². The van der Waals surface area contributed by atoms with Crippen molar-refractivity contribution >= 4 is 18.0 Å². The van der Waals surface area contributed by atoms with Gasteiger partial charge in [-0.15, -0.1) is 5.16 Å². The maximum atomic E-state index is 7.85. The third-order valence-electron chi connectivity index (χ3n) is 0.533. The van der Waals surface area contributed by atoms with Gasteiger partial charge in [-0.2, -0.15) is 11.8 Å². The maximum absolute atomic E-state index is 7.85. The van der Waals surface area contributed by atoms with E-state index in [-0.39, 0.29) is 0 Å². The molecule has 0 saturated carbocycles.